The van der Waals surface area contributed by atoms with Gasteiger partial charge in [0.1, 0.15) is 0 Å². The Kier molecular flexibility index (Phi) is 6.75. The summed E-state index contributed by atoms with van der Waals surface area (Å²) in [5.74, 6) is -0.0192. The smallest absolute Gasteiger partial charge is 0.321 e. The standard InChI is InChI=1S/C25H32N4O2/c1-19-6-5-7-22(18-19)27-25(31)29-16-12-20(13-17-29)24(30)26-21-8-10-23(11-9-21)28-14-3-2-4-15-28/h5-11,18,20H,2-4,12-17H2,1H3,(H,26,30)(H,27,31). The summed E-state index contributed by atoms with van der Waals surface area (Å²) >= 11 is 0. The van der Waals surface area contributed by atoms with E-state index in [2.05, 4.69) is 27.7 Å². The Hall–Kier alpha value is -3.02. The predicted octanol–water partition coefficient (Wildman–Crippen LogP) is 4.87. The van der Waals surface area contributed by atoms with E-state index < -0.39 is 0 Å². The Morgan fingerprint density at radius 3 is 2.23 bits per heavy atom. The molecule has 2 aliphatic heterocycles. The van der Waals surface area contributed by atoms with Gasteiger partial charge in [0.2, 0.25) is 5.91 Å². The summed E-state index contributed by atoms with van der Waals surface area (Å²) in [6.45, 7) is 5.40. The van der Waals surface area contributed by atoms with Gasteiger partial charge in [-0.3, -0.25) is 4.79 Å². The van der Waals surface area contributed by atoms with E-state index in [0.717, 1.165) is 30.0 Å². The van der Waals surface area contributed by atoms with Crippen molar-refractivity contribution in [3.8, 4) is 0 Å². The number of carbonyl (C=O) groups excluding carboxylic acids is 2. The lowest BCUT2D eigenvalue weighted by Gasteiger charge is -2.31. The number of likely N-dealkylation sites (tertiary alicyclic amines) is 1. The molecule has 164 valence electrons. The molecule has 0 spiro atoms. The van der Waals surface area contributed by atoms with Crippen LogP contribution in [-0.4, -0.2) is 43.0 Å². The summed E-state index contributed by atoms with van der Waals surface area (Å²) in [4.78, 5) is 29.4. The maximum atomic E-state index is 12.7. The SMILES string of the molecule is Cc1cccc(NC(=O)N2CCC(C(=O)Nc3ccc(N4CCCCC4)cc3)CC2)c1. The van der Waals surface area contributed by atoms with Gasteiger partial charge in [-0.1, -0.05) is 12.1 Å². The topological polar surface area (TPSA) is 64.7 Å². The van der Waals surface area contributed by atoms with Gasteiger partial charge < -0.3 is 20.4 Å². The molecule has 0 atom stereocenters. The fraction of sp³-hybridized carbons (Fsp3) is 0.440. The second kappa shape index (κ2) is 9.86. The number of rotatable bonds is 4. The zero-order valence-electron chi connectivity index (χ0n) is 18.3. The van der Waals surface area contributed by atoms with Gasteiger partial charge >= 0.3 is 6.03 Å². The van der Waals surface area contributed by atoms with Crippen molar-refractivity contribution in [1.82, 2.24) is 4.90 Å². The Bertz CT molecular complexity index is 898. The van der Waals surface area contributed by atoms with E-state index in [4.69, 9.17) is 0 Å². The van der Waals surface area contributed by atoms with E-state index in [1.54, 1.807) is 4.90 Å². The lowest BCUT2D eigenvalue weighted by molar-refractivity contribution is -0.121. The average Bonchev–Trinajstić information content (AvgIpc) is 2.80. The van der Waals surface area contributed by atoms with E-state index in [-0.39, 0.29) is 17.9 Å². The van der Waals surface area contributed by atoms with Crippen molar-refractivity contribution >= 4 is 29.0 Å². The monoisotopic (exact) mass is 420 g/mol. The van der Waals surface area contributed by atoms with Crippen LogP contribution in [-0.2, 0) is 4.79 Å². The van der Waals surface area contributed by atoms with Crippen LogP contribution in [0.1, 0.15) is 37.7 Å². The maximum Gasteiger partial charge on any atom is 0.321 e. The molecule has 0 radical (unpaired) electrons. The first-order chi connectivity index (χ1) is 15.1. The van der Waals surface area contributed by atoms with Gasteiger partial charge in [-0.15, -0.1) is 0 Å². The van der Waals surface area contributed by atoms with Gasteiger partial charge in [-0.05, 0) is 81.0 Å². The van der Waals surface area contributed by atoms with E-state index in [1.807, 2.05) is 43.3 Å². The third-order valence-corrected chi connectivity index (χ3v) is 6.28. The van der Waals surface area contributed by atoms with Gasteiger partial charge in [0.15, 0.2) is 0 Å². The lowest BCUT2D eigenvalue weighted by atomic mass is 9.96. The van der Waals surface area contributed by atoms with Crippen molar-refractivity contribution < 1.29 is 9.59 Å². The van der Waals surface area contributed by atoms with Crippen molar-refractivity contribution in [2.75, 3.05) is 41.7 Å². The van der Waals surface area contributed by atoms with Gasteiger partial charge in [-0.2, -0.15) is 0 Å². The summed E-state index contributed by atoms with van der Waals surface area (Å²) in [5.41, 5.74) is 3.98. The maximum absolute atomic E-state index is 12.7. The summed E-state index contributed by atoms with van der Waals surface area (Å²) < 4.78 is 0. The molecular weight excluding hydrogens is 388 g/mol. The number of hydrogen-bond donors (Lipinski definition) is 2. The molecule has 2 aliphatic rings. The number of hydrogen-bond acceptors (Lipinski definition) is 3. The molecular formula is C25H32N4O2. The summed E-state index contributed by atoms with van der Waals surface area (Å²) in [7, 11) is 0. The minimum atomic E-state index is -0.0993. The minimum absolute atomic E-state index is 0.0458. The number of urea groups is 1. The molecule has 4 rings (SSSR count). The normalized spacial score (nSPS) is 17.3. The highest BCUT2D eigenvalue weighted by atomic mass is 16.2. The van der Waals surface area contributed by atoms with Crippen molar-refractivity contribution in [1.29, 1.82) is 0 Å². The average molecular weight is 421 g/mol. The number of benzene rings is 2. The van der Waals surface area contributed by atoms with Crippen LogP contribution >= 0.6 is 0 Å². The first-order valence-corrected chi connectivity index (χ1v) is 11.4. The van der Waals surface area contributed by atoms with Gasteiger partial charge in [0.05, 0.1) is 0 Å². The summed E-state index contributed by atoms with van der Waals surface area (Å²) in [6.07, 6.45) is 5.18. The van der Waals surface area contributed by atoms with Gasteiger partial charge in [0, 0.05) is 49.2 Å². The van der Waals surface area contributed by atoms with Crippen LogP contribution in [0.3, 0.4) is 0 Å². The third kappa shape index (κ3) is 5.57. The van der Waals surface area contributed by atoms with Crippen LogP contribution in [0.5, 0.6) is 0 Å². The van der Waals surface area contributed by atoms with E-state index >= 15 is 0 Å². The molecule has 2 saturated heterocycles. The fourth-order valence-corrected chi connectivity index (χ4v) is 4.42. The number of nitrogens with one attached hydrogen (secondary N) is 2. The highest BCUT2D eigenvalue weighted by Gasteiger charge is 2.27. The Labute approximate surface area is 184 Å². The first-order valence-electron chi connectivity index (χ1n) is 11.4. The summed E-state index contributed by atoms with van der Waals surface area (Å²) in [6, 6.07) is 15.9. The number of nitrogens with zero attached hydrogens (tertiary/aromatic N) is 2. The molecule has 2 N–H and O–H groups in total. The van der Waals surface area contributed by atoms with Crippen molar-refractivity contribution in [2.45, 2.75) is 39.0 Å². The fourth-order valence-electron chi connectivity index (χ4n) is 4.42. The van der Waals surface area contributed by atoms with Crippen LogP contribution in [0.4, 0.5) is 21.9 Å². The second-order valence-corrected chi connectivity index (χ2v) is 8.64. The Balaban J connectivity index is 1.25. The Morgan fingerprint density at radius 2 is 1.55 bits per heavy atom. The molecule has 0 saturated carbocycles. The largest absolute Gasteiger partial charge is 0.372 e. The molecule has 6 nitrogen and oxygen atoms in total. The van der Waals surface area contributed by atoms with Crippen molar-refractivity contribution in [3.63, 3.8) is 0 Å². The van der Waals surface area contributed by atoms with Gasteiger partial charge in [0.25, 0.3) is 0 Å². The zero-order chi connectivity index (χ0) is 21.6. The number of piperidine rings is 2. The third-order valence-electron chi connectivity index (χ3n) is 6.28. The van der Waals surface area contributed by atoms with Gasteiger partial charge in [-0.25, -0.2) is 4.79 Å². The Morgan fingerprint density at radius 1 is 0.839 bits per heavy atom. The minimum Gasteiger partial charge on any atom is -0.372 e. The quantitative estimate of drug-likeness (QED) is 0.742. The van der Waals surface area contributed by atoms with Crippen molar-refractivity contribution in [2.24, 2.45) is 5.92 Å². The number of aryl methyl sites for hydroxylation is 1. The number of amides is 3. The van der Waals surface area contributed by atoms with Crippen LogP contribution in [0.15, 0.2) is 48.5 Å². The molecule has 0 unspecified atom stereocenters. The summed E-state index contributed by atoms with van der Waals surface area (Å²) in [5, 5.41) is 6.01. The molecule has 31 heavy (non-hydrogen) atoms. The van der Waals surface area contributed by atoms with Crippen molar-refractivity contribution in [3.05, 3.63) is 54.1 Å². The van der Waals surface area contributed by atoms with E-state index in [0.29, 0.717) is 25.9 Å². The molecule has 0 bridgehead atoms. The van der Waals surface area contributed by atoms with E-state index in [1.165, 1.54) is 24.9 Å². The van der Waals surface area contributed by atoms with Crippen LogP contribution in [0, 0.1) is 12.8 Å². The predicted molar refractivity (Wildman–Crippen MR) is 126 cm³/mol. The molecule has 2 aromatic rings. The molecule has 2 aromatic carbocycles. The highest BCUT2D eigenvalue weighted by Crippen LogP contribution is 2.24. The first kappa shape index (κ1) is 21.2. The molecule has 2 fully saturated rings. The number of carbonyl (C=O) groups is 2. The highest BCUT2D eigenvalue weighted by molar-refractivity contribution is 5.93. The lowest BCUT2D eigenvalue weighted by Crippen LogP contribution is -2.43. The van der Waals surface area contributed by atoms with Crippen LogP contribution < -0.4 is 15.5 Å². The van der Waals surface area contributed by atoms with E-state index in [9.17, 15) is 9.59 Å². The molecule has 0 aliphatic carbocycles. The molecule has 2 heterocycles. The molecule has 0 aromatic heterocycles. The molecule has 6 heteroatoms. The zero-order valence-corrected chi connectivity index (χ0v) is 18.3. The molecule has 3 amide bonds. The van der Waals surface area contributed by atoms with Crippen LogP contribution in [0.2, 0.25) is 0 Å². The van der Waals surface area contributed by atoms with Crippen LogP contribution in [0.25, 0.3) is 0 Å². The second-order valence-electron chi connectivity index (χ2n) is 8.64. The number of anilines is 3.